The molecule has 0 aliphatic carbocycles. The lowest BCUT2D eigenvalue weighted by Crippen LogP contribution is -2.16. The predicted octanol–water partition coefficient (Wildman–Crippen LogP) is 5.09. The van der Waals surface area contributed by atoms with Gasteiger partial charge in [-0.1, -0.05) is 44.2 Å². The number of nitrogens with zero attached hydrogens (tertiary/aromatic N) is 1. The summed E-state index contributed by atoms with van der Waals surface area (Å²) in [7, 11) is 0. The van der Waals surface area contributed by atoms with E-state index in [1.807, 2.05) is 44.2 Å². The van der Waals surface area contributed by atoms with E-state index in [1.54, 1.807) is 6.07 Å². The van der Waals surface area contributed by atoms with Crippen LogP contribution in [0.3, 0.4) is 0 Å². The van der Waals surface area contributed by atoms with Crippen LogP contribution < -0.4 is 0 Å². The minimum Gasteiger partial charge on any atom is -0.375 e. The summed E-state index contributed by atoms with van der Waals surface area (Å²) in [6.45, 7) is 5.32. The van der Waals surface area contributed by atoms with Gasteiger partial charge >= 0.3 is 0 Å². The van der Waals surface area contributed by atoms with Crippen LogP contribution in [0.2, 0.25) is 0 Å². The summed E-state index contributed by atoms with van der Waals surface area (Å²) in [5.41, 5.74) is 2.17. The van der Waals surface area contributed by atoms with Crippen LogP contribution in [0.25, 0.3) is 21.8 Å². The van der Waals surface area contributed by atoms with Crippen molar-refractivity contribution in [1.29, 1.82) is 0 Å². The zero-order chi connectivity index (χ0) is 15.5. The van der Waals surface area contributed by atoms with Crippen molar-refractivity contribution in [1.82, 2.24) is 4.57 Å². The first kappa shape index (κ1) is 14.8. The fourth-order valence-corrected chi connectivity index (χ4v) is 3.02. The molecule has 2 aromatic carbocycles. The van der Waals surface area contributed by atoms with Crippen LogP contribution >= 0.6 is 0 Å². The molecule has 2 heterocycles. The van der Waals surface area contributed by atoms with E-state index in [1.165, 1.54) is 6.07 Å². The molecular formula is C19H20FNO. The number of rotatable bonds is 1. The van der Waals surface area contributed by atoms with Crippen molar-refractivity contribution in [3.8, 4) is 0 Å². The maximum Gasteiger partial charge on any atom is 0.123 e. The predicted molar refractivity (Wildman–Crippen MR) is 89.7 cm³/mol. The number of hydrogen-bond donors (Lipinski definition) is 0. The SMILES string of the molecule is CC.Fc1ccc2c(c1)c1ccccc1n2[C@@H]1C=CCOC1. The molecule has 1 aromatic heterocycles. The summed E-state index contributed by atoms with van der Waals surface area (Å²) in [6.07, 6.45) is 4.21. The highest BCUT2D eigenvalue weighted by Crippen LogP contribution is 2.33. The molecule has 0 radical (unpaired) electrons. The zero-order valence-corrected chi connectivity index (χ0v) is 12.9. The summed E-state index contributed by atoms with van der Waals surface area (Å²) in [4.78, 5) is 0. The second-order valence-corrected chi connectivity index (χ2v) is 5.08. The number of para-hydroxylation sites is 1. The van der Waals surface area contributed by atoms with Gasteiger partial charge < -0.3 is 9.30 Å². The summed E-state index contributed by atoms with van der Waals surface area (Å²) >= 11 is 0. The number of fused-ring (bicyclic) bond motifs is 3. The molecule has 4 rings (SSSR count). The first-order valence-electron chi connectivity index (χ1n) is 7.77. The lowest BCUT2D eigenvalue weighted by molar-refractivity contribution is 0.131. The van der Waals surface area contributed by atoms with Crippen molar-refractivity contribution >= 4 is 21.8 Å². The molecule has 1 atom stereocenters. The zero-order valence-electron chi connectivity index (χ0n) is 12.9. The molecule has 0 spiro atoms. The first-order chi connectivity index (χ1) is 10.8. The largest absolute Gasteiger partial charge is 0.375 e. The van der Waals surface area contributed by atoms with Crippen LogP contribution in [0.15, 0.2) is 54.6 Å². The van der Waals surface area contributed by atoms with E-state index in [-0.39, 0.29) is 11.9 Å². The Balaban J connectivity index is 0.000000693. The fourth-order valence-electron chi connectivity index (χ4n) is 3.02. The molecule has 22 heavy (non-hydrogen) atoms. The number of benzene rings is 2. The Bertz CT molecular complexity index is 819. The number of hydrogen-bond acceptors (Lipinski definition) is 1. The third-order valence-corrected chi connectivity index (χ3v) is 3.86. The maximum atomic E-state index is 13.6. The van der Waals surface area contributed by atoms with Gasteiger partial charge in [-0.05, 0) is 24.3 Å². The maximum absolute atomic E-state index is 13.6. The van der Waals surface area contributed by atoms with Crippen molar-refractivity contribution in [2.45, 2.75) is 19.9 Å². The molecule has 3 aromatic rings. The van der Waals surface area contributed by atoms with Gasteiger partial charge in [0.1, 0.15) is 5.82 Å². The molecule has 1 aliphatic rings. The average Bonchev–Trinajstić information content (AvgIpc) is 2.91. The second-order valence-electron chi connectivity index (χ2n) is 5.08. The number of halogens is 1. The van der Waals surface area contributed by atoms with Crippen molar-refractivity contribution in [2.75, 3.05) is 13.2 Å². The summed E-state index contributed by atoms with van der Waals surface area (Å²) < 4.78 is 21.3. The van der Waals surface area contributed by atoms with Crippen LogP contribution in [0.4, 0.5) is 4.39 Å². The minimum atomic E-state index is -0.198. The van der Waals surface area contributed by atoms with Crippen molar-refractivity contribution in [3.05, 3.63) is 60.4 Å². The molecule has 2 nitrogen and oxygen atoms in total. The van der Waals surface area contributed by atoms with E-state index in [9.17, 15) is 4.39 Å². The van der Waals surface area contributed by atoms with Crippen molar-refractivity contribution in [3.63, 3.8) is 0 Å². The Morgan fingerprint density at radius 2 is 1.82 bits per heavy atom. The molecule has 0 fully saturated rings. The van der Waals surface area contributed by atoms with E-state index in [2.05, 4.69) is 16.7 Å². The van der Waals surface area contributed by atoms with Gasteiger partial charge in [-0.3, -0.25) is 0 Å². The standard InChI is InChI=1S/C17H14FNO.C2H6/c18-12-7-8-17-15(10-12)14-5-1-2-6-16(14)19(17)13-4-3-9-20-11-13;1-2/h1-8,10,13H,9,11H2;1-2H3/t13-;/m1./s1. The lowest BCUT2D eigenvalue weighted by Gasteiger charge is -2.21. The molecule has 114 valence electrons. The fraction of sp³-hybridized carbons (Fsp3) is 0.263. The monoisotopic (exact) mass is 297 g/mol. The van der Waals surface area contributed by atoms with Gasteiger partial charge in [-0.25, -0.2) is 4.39 Å². The van der Waals surface area contributed by atoms with E-state index in [0.717, 1.165) is 21.8 Å². The topological polar surface area (TPSA) is 14.2 Å². The van der Waals surface area contributed by atoms with Crippen LogP contribution in [0, 0.1) is 5.82 Å². The highest BCUT2D eigenvalue weighted by atomic mass is 19.1. The molecule has 0 saturated heterocycles. The Kier molecular flexibility index (Phi) is 4.25. The smallest absolute Gasteiger partial charge is 0.123 e. The van der Waals surface area contributed by atoms with Crippen LogP contribution in [0.5, 0.6) is 0 Å². The highest BCUT2D eigenvalue weighted by molar-refractivity contribution is 6.08. The Hall–Kier alpha value is -2.13. The van der Waals surface area contributed by atoms with Crippen LogP contribution in [-0.2, 0) is 4.74 Å². The Labute approximate surface area is 129 Å². The number of aromatic nitrogens is 1. The van der Waals surface area contributed by atoms with Gasteiger partial charge in [0.25, 0.3) is 0 Å². The van der Waals surface area contributed by atoms with Gasteiger partial charge in [0, 0.05) is 21.8 Å². The van der Waals surface area contributed by atoms with Crippen LogP contribution in [0.1, 0.15) is 19.9 Å². The van der Waals surface area contributed by atoms with E-state index < -0.39 is 0 Å². The van der Waals surface area contributed by atoms with Crippen molar-refractivity contribution < 1.29 is 9.13 Å². The molecule has 1 aliphatic heterocycles. The van der Waals surface area contributed by atoms with E-state index in [4.69, 9.17) is 4.74 Å². The van der Waals surface area contributed by atoms with Gasteiger partial charge in [0.2, 0.25) is 0 Å². The van der Waals surface area contributed by atoms with Gasteiger partial charge in [-0.15, -0.1) is 0 Å². The van der Waals surface area contributed by atoms with Gasteiger partial charge in [0.15, 0.2) is 0 Å². The van der Waals surface area contributed by atoms with Gasteiger partial charge in [0.05, 0.1) is 19.3 Å². The Morgan fingerprint density at radius 3 is 2.59 bits per heavy atom. The third kappa shape index (κ3) is 2.42. The summed E-state index contributed by atoms with van der Waals surface area (Å²) in [5.74, 6) is -0.198. The van der Waals surface area contributed by atoms with Crippen molar-refractivity contribution in [2.24, 2.45) is 0 Å². The lowest BCUT2D eigenvalue weighted by atomic mass is 10.1. The Morgan fingerprint density at radius 1 is 1.05 bits per heavy atom. The summed E-state index contributed by atoms with van der Waals surface area (Å²) in [5, 5.41) is 2.04. The molecular weight excluding hydrogens is 277 g/mol. The normalized spacial score (nSPS) is 17.5. The molecule has 0 N–H and O–H groups in total. The average molecular weight is 297 g/mol. The highest BCUT2D eigenvalue weighted by Gasteiger charge is 2.18. The molecule has 3 heteroatoms. The molecule has 0 saturated carbocycles. The second kappa shape index (κ2) is 6.32. The van der Waals surface area contributed by atoms with E-state index in [0.29, 0.717) is 13.2 Å². The van der Waals surface area contributed by atoms with Crippen LogP contribution in [-0.4, -0.2) is 17.8 Å². The van der Waals surface area contributed by atoms with Gasteiger partial charge in [-0.2, -0.15) is 0 Å². The summed E-state index contributed by atoms with van der Waals surface area (Å²) in [6, 6.07) is 13.3. The molecule has 0 bridgehead atoms. The molecule has 0 amide bonds. The third-order valence-electron chi connectivity index (χ3n) is 3.86. The number of ether oxygens (including phenoxy) is 1. The quantitative estimate of drug-likeness (QED) is 0.571. The van der Waals surface area contributed by atoms with E-state index >= 15 is 0 Å². The minimum absolute atomic E-state index is 0.164. The first-order valence-corrected chi connectivity index (χ1v) is 7.77. The molecule has 0 unspecified atom stereocenters.